The molecule has 0 aliphatic heterocycles. The largest absolute Gasteiger partial charge is 0.370 e. The van der Waals surface area contributed by atoms with E-state index in [1.807, 2.05) is 6.20 Å². The van der Waals surface area contributed by atoms with Crippen LogP contribution in [0.15, 0.2) is 18.3 Å². The molecule has 94 valence electrons. The Labute approximate surface area is 105 Å². The molecule has 2 rings (SSSR count). The number of pyridine rings is 1. The minimum Gasteiger partial charge on any atom is -0.370 e. The maximum absolute atomic E-state index is 4.47. The highest BCUT2D eigenvalue weighted by Crippen LogP contribution is 2.29. The molecule has 1 N–H and O–H groups in total. The summed E-state index contributed by atoms with van der Waals surface area (Å²) in [6, 6.07) is 4.28. The molecule has 0 saturated heterocycles. The number of aromatic nitrogens is 1. The van der Waals surface area contributed by atoms with Crippen LogP contribution in [0.25, 0.3) is 0 Å². The molecular formula is C15H24N2. The van der Waals surface area contributed by atoms with Crippen molar-refractivity contribution >= 4 is 5.82 Å². The number of hydrogen-bond acceptors (Lipinski definition) is 2. The lowest BCUT2D eigenvalue weighted by atomic mass is 9.83. The van der Waals surface area contributed by atoms with E-state index in [2.05, 4.69) is 43.2 Å². The van der Waals surface area contributed by atoms with Gasteiger partial charge in [0.2, 0.25) is 0 Å². The summed E-state index contributed by atoms with van der Waals surface area (Å²) in [5, 5.41) is 3.41. The summed E-state index contributed by atoms with van der Waals surface area (Å²) in [5.41, 5.74) is 1.49. The summed E-state index contributed by atoms with van der Waals surface area (Å²) in [4.78, 5) is 4.47. The Morgan fingerprint density at radius 3 is 2.53 bits per heavy atom. The molecule has 2 heteroatoms. The highest BCUT2D eigenvalue weighted by Gasteiger charge is 2.16. The van der Waals surface area contributed by atoms with E-state index in [1.165, 1.54) is 31.2 Å². The van der Waals surface area contributed by atoms with E-state index in [0.717, 1.165) is 18.3 Å². The van der Waals surface area contributed by atoms with Crippen LogP contribution >= 0.6 is 0 Å². The van der Waals surface area contributed by atoms with Crippen molar-refractivity contribution in [3.8, 4) is 0 Å². The van der Waals surface area contributed by atoms with Crippen molar-refractivity contribution in [2.75, 3.05) is 11.9 Å². The van der Waals surface area contributed by atoms with Crippen LogP contribution in [0.3, 0.4) is 0 Å². The van der Waals surface area contributed by atoms with Gasteiger partial charge in [0.1, 0.15) is 5.82 Å². The molecule has 0 bridgehead atoms. The van der Waals surface area contributed by atoms with E-state index >= 15 is 0 Å². The number of nitrogens with one attached hydrogen (secondary N) is 1. The highest BCUT2D eigenvalue weighted by molar-refractivity contribution is 5.36. The van der Waals surface area contributed by atoms with Crippen LogP contribution in [0.1, 0.15) is 52.0 Å². The predicted molar refractivity (Wildman–Crippen MR) is 73.4 cm³/mol. The van der Waals surface area contributed by atoms with Gasteiger partial charge in [0.05, 0.1) is 0 Å². The van der Waals surface area contributed by atoms with Crippen molar-refractivity contribution in [2.24, 2.45) is 5.92 Å². The third kappa shape index (κ3) is 3.45. The number of hydrogen-bond donors (Lipinski definition) is 1. The number of nitrogens with zero attached hydrogens (tertiary/aromatic N) is 1. The van der Waals surface area contributed by atoms with Gasteiger partial charge >= 0.3 is 0 Å². The van der Waals surface area contributed by atoms with Gasteiger partial charge in [0.25, 0.3) is 0 Å². The van der Waals surface area contributed by atoms with Crippen LogP contribution in [-0.2, 0) is 5.41 Å². The molecule has 1 heterocycles. The zero-order valence-electron chi connectivity index (χ0n) is 11.3. The van der Waals surface area contributed by atoms with Gasteiger partial charge < -0.3 is 5.32 Å². The van der Waals surface area contributed by atoms with Gasteiger partial charge in [0, 0.05) is 12.7 Å². The van der Waals surface area contributed by atoms with E-state index in [0.29, 0.717) is 0 Å². The van der Waals surface area contributed by atoms with Crippen molar-refractivity contribution < 1.29 is 0 Å². The van der Waals surface area contributed by atoms with Crippen molar-refractivity contribution in [1.29, 1.82) is 0 Å². The van der Waals surface area contributed by atoms with E-state index < -0.39 is 0 Å². The van der Waals surface area contributed by atoms with Crippen molar-refractivity contribution in [2.45, 2.75) is 51.9 Å². The molecule has 0 spiro atoms. The van der Waals surface area contributed by atoms with Crippen molar-refractivity contribution in [1.82, 2.24) is 4.98 Å². The molecule has 17 heavy (non-hydrogen) atoms. The Morgan fingerprint density at radius 1 is 1.29 bits per heavy atom. The number of anilines is 1. The molecule has 0 atom stereocenters. The Kier molecular flexibility index (Phi) is 3.70. The summed E-state index contributed by atoms with van der Waals surface area (Å²) in [6.45, 7) is 7.71. The van der Waals surface area contributed by atoms with E-state index in [4.69, 9.17) is 0 Å². The molecule has 1 saturated carbocycles. The molecule has 1 aromatic rings. The van der Waals surface area contributed by atoms with Gasteiger partial charge in [0.15, 0.2) is 0 Å². The smallest absolute Gasteiger partial charge is 0.125 e. The SMILES string of the molecule is CC(C)(C)c1ccc(NCCC2CCC2)nc1. The first-order valence-corrected chi connectivity index (χ1v) is 6.76. The summed E-state index contributed by atoms with van der Waals surface area (Å²) < 4.78 is 0. The van der Waals surface area contributed by atoms with Crippen LogP contribution in [0, 0.1) is 5.92 Å². The Morgan fingerprint density at radius 2 is 2.06 bits per heavy atom. The Hall–Kier alpha value is -1.05. The predicted octanol–water partition coefficient (Wildman–Crippen LogP) is 3.98. The molecule has 1 aliphatic carbocycles. The third-order valence-corrected chi connectivity index (χ3v) is 3.71. The molecule has 1 aromatic heterocycles. The normalized spacial score (nSPS) is 16.6. The fourth-order valence-electron chi connectivity index (χ4n) is 2.13. The molecular weight excluding hydrogens is 208 g/mol. The first kappa shape index (κ1) is 12.4. The van der Waals surface area contributed by atoms with Crippen LogP contribution < -0.4 is 5.32 Å². The molecule has 0 unspecified atom stereocenters. The van der Waals surface area contributed by atoms with Gasteiger partial charge in [-0.25, -0.2) is 4.98 Å². The molecule has 1 fully saturated rings. The topological polar surface area (TPSA) is 24.9 Å². The standard InChI is InChI=1S/C15H24N2/c1-15(2,3)13-7-8-14(17-11-13)16-10-9-12-5-4-6-12/h7-8,11-12H,4-6,9-10H2,1-3H3,(H,16,17). The lowest BCUT2D eigenvalue weighted by Crippen LogP contribution is -2.16. The summed E-state index contributed by atoms with van der Waals surface area (Å²) in [5.74, 6) is 1.98. The summed E-state index contributed by atoms with van der Waals surface area (Å²) in [7, 11) is 0. The highest BCUT2D eigenvalue weighted by atomic mass is 15.0. The lowest BCUT2D eigenvalue weighted by molar-refractivity contribution is 0.303. The fourth-order valence-corrected chi connectivity index (χ4v) is 2.13. The first-order chi connectivity index (χ1) is 8.05. The molecule has 2 nitrogen and oxygen atoms in total. The second-order valence-corrected chi connectivity index (χ2v) is 6.19. The average molecular weight is 232 g/mol. The molecule has 1 aliphatic rings. The maximum Gasteiger partial charge on any atom is 0.125 e. The molecule has 0 aromatic carbocycles. The first-order valence-electron chi connectivity index (χ1n) is 6.76. The van der Waals surface area contributed by atoms with Crippen LogP contribution in [-0.4, -0.2) is 11.5 Å². The van der Waals surface area contributed by atoms with E-state index in [1.54, 1.807) is 0 Å². The average Bonchev–Trinajstić information content (AvgIpc) is 2.21. The second-order valence-electron chi connectivity index (χ2n) is 6.19. The van der Waals surface area contributed by atoms with Crippen LogP contribution in [0.5, 0.6) is 0 Å². The van der Waals surface area contributed by atoms with Crippen molar-refractivity contribution in [3.63, 3.8) is 0 Å². The Bertz CT molecular complexity index is 344. The third-order valence-electron chi connectivity index (χ3n) is 3.71. The van der Waals surface area contributed by atoms with Gasteiger partial charge in [-0.15, -0.1) is 0 Å². The van der Waals surface area contributed by atoms with Gasteiger partial charge in [-0.1, -0.05) is 46.1 Å². The number of rotatable bonds is 4. The fraction of sp³-hybridized carbons (Fsp3) is 0.667. The quantitative estimate of drug-likeness (QED) is 0.849. The van der Waals surface area contributed by atoms with Gasteiger partial charge in [-0.3, -0.25) is 0 Å². The summed E-state index contributed by atoms with van der Waals surface area (Å²) >= 11 is 0. The summed E-state index contributed by atoms with van der Waals surface area (Å²) in [6.07, 6.45) is 7.58. The Balaban J connectivity index is 1.81. The van der Waals surface area contributed by atoms with E-state index in [-0.39, 0.29) is 5.41 Å². The zero-order chi connectivity index (χ0) is 12.3. The lowest BCUT2D eigenvalue weighted by Gasteiger charge is -2.25. The monoisotopic (exact) mass is 232 g/mol. The minimum atomic E-state index is 0.192. The minimum absolute atomic E-state index is 0.192. The molecule has 0 radical (unpaired) electrons. The second kappa shape index (κ2) is 5.07. The van der Waals surface area contributed by atoms with Crippen molar-refractivity contribution in [3.05, 3.63) is 23.9 Å². The van der Waals surface area contributed by atoms with Crippen LogP contribution in [0.4, 0.5) is 5.82 Å². The maximum atomic E-state index is 4.47. The van der Waals surface area contributed by atoms with E-state index in [9.17, 15) is 0 Å². The van der Waals surface area contributed by atoms with Gasteiger partial charge in [-0.2, -0.15) is 0 Å². The van der Waals surface area contributed by atoms with Gasteiger partial charge in [-0.05, 0) is 29.4 Å². The molecule has 0 amide bonds. The zero-order valence-corrected chi connectivity index (χ0v) is 11.3. The van der Waals surface area contributed by atoms with Crippen LogP contribution in [0.2, 0.25) is 0 Å².